The van der Waals surface area contributed by atoms with Crippen LogP contribution < -0.4 is 4.90 Å². The normalized spacial score (nSPS) is 25.0. The van der Waals surface area contributed by atoms with Crippen molar-refractivity contribution in [2.45, 2.75) is 32.1 Å². The summed E-state index contributed by atoms with van der Waals surface area (Å²) in [6, 6.07) is 2.21. The van der Waals surface area contributed by atoms with Crippen LogP contribution in [0.25, 0.3) is 0 Å². The van der Waals surface area contributed by atoms with E-state index in [2.05, 4.69) is 38.0 Å². The Morgan fingerprint density at radius 2 is 1.92 bits per heavy atom. The van der Waals surface area contributed by atoms with Gasteiger partial charge >= 0.3 is 0 Å². The van der Waals surface area contributed by atoms with Crippen LogP contribution in [0.2, 0.25) is 0 Å². The number of nitrogens with zero attached hydrogens (tertiary/aromatic N) is 5. The van der Waals surface area contributed by atoms with Gasteiger partial charge in [0, 0.05) is 32.7 Å². The van der Waals surface area contributed by atoms with Gasteiger partial charge in [-0.2, -0.15) is 5.10 Å². The largest absolute Gasteiger partial charge is 0.352 e. The maximum Gasteiger partial charge on any atom is 0.227 e. The van der Waals surface area contributed by atoms with E-state index in [1.165, 1.54) is 17.7 Å². The van der Waals surface area contributed by atoms with Crippen molar-refractivity contribution in [3.63, 3.8) is 0 Å². The fourth-order valence-corrected chi connectivity index (χ4v) is 4.25. The molecule has 6 nitrogen and oxygen atoms in total. The highest BCUT2D eigenvalue weighted by Gasteiger charge is 2.30. The number of carbonyl (C=O) groups excluding carboxylic acids is 1. The van der Waals surface area contributed by atoms with Gasteiger partial charge in [-0.25, -0.2) is 0 Å². The van der Waals surface area contributed by atoms with E-state index in [4.69, 9.17) is 0 Å². The molecular formula is C18H27N5O. The number of anilines is 1. The second-order valence-electron chi connectivity index (χ2n) is 7.44. The lowest BCUT2D eigenvalue weighted by atomic mass is 9.96. The highest BCUT2D eigenvalue weighted by atomic mass is 16.2. The van der Waals surface area contributed by atoms with Crippen molar-refractivity contribution in [1.82, 2.24) is 20.0 Å². The fraction of sp³-hybridized carbons (Fsp3) is 0.722. The molecule has 1 aliphatic carbocycles. The molecule has 1 amide bonds. The summed E-state index contributed by atoms with van der Waals surface area (Å²) in [6.45, 7) is 5.36. The molecule has 0 radical (unpaired) electrons. The molecule has 2 fully saturated rings. The molecule has 1 aromatic rings. The predicted octanol–water partition coefficient (Wildman–Crippen LogP) is 0.956. The Hall–Kier alpha value is -1.69. The van der Waals surface area contributed by atoms with Gasteiger partial charge in [0.25, 0.3) is 0 Å². The number of hydrogen-bond acceptors (Lipinski definition) is 5. The molecule has 2 aliphatic heterocycles. The number of aryl methyl sites for hydroxylation is 2. The minimum Gasteiger partial charge on any atom is -0.352 e. The summed E-state index contributed by atoms with van der Waals surface area (Å²) in [5.41, 5.74) is 2.54. The quantitative estimate of drug-likeness (QED) is 0.809. The van der Waals surface area contributed by atoms with Gasteiger partial charge in [0.05, 0.1) is 11.6 Å². The monoisotopic (exact) mass is 329 g/mol. The maximum atomic E-state index is 12.7. The number of amides is 1. The van der Waals surface area contributed by atoms with Crippen molar-refractivity contribution in [1.29, 1.82) is 0 Å². The molecule has 1 aromatic heterocycles. The predicted molar refractivity (Wildman–Crippen MR) is 93.1 cm³/mol. The number of hydrogen-bond donors (Lipinski definition) is 0. The molecule has 130 valence electrons. The van der Waals surface area contributed by atoms with E-state index in [0.717, 1.165) is 70.8 Å². The lowest BCUT2D eigenvalue weighted by Crippen LogP contribution is -2.52. The van der Waals surface area contributed by atoms with Gasteiger partial charge in [-0.1, -0.05) is 0 Å². The lowest BCUT2D eigenvalue weighted by molar-refractivity contribution is -0.137. The molecule has 1 unspecified atom stereocenters. The van der Waals surface area contributed by atoms with Crippen LogP contribution in [0.15, 0.2) is 6.07 Å². The smallest absolute Gasteiger partial charge is 0.227 e. The van der Waals surface area contributed by atoms with E-state index < -0.39 is 0 Å². The van der Waals surface area contributed by atoms with Crippen molar-refractivity contribution in [2.75, 3.05) is 51.2 Å². The first kappa shape index (κ1) is 15.8. The second-order valence-corrected chi connectivity index (χ2v) is 7.44. The highest BCUT2D eigenvalue weighted by molar-refractivity contribution is 5.79. The molecule has 4 rings (SSSR count). The molecule has 6 heteroatoms. The summed E-state index contributed by atoms with van der Waals surface area (Å²) < 4.78 is 0. The molecule has 0 spiro atoms. The highest BCUT2D eigenvalue weighted by Crippen LogP contribution is 2.24. The average molecular weight is 329 g/mol. The number of rotatable bonds is 2. The first-order valence-electron chi connectivity index (χ1n) is 9.28. The number of likely N-dealkylation sites (tertiary alicyclic amines) is 1. The second kappa shape index (κ2) is 6.67. The molecular weight excluding hydrogens is 302 g/mol. The Morgan fingerprint density at radius 3 is 2.71 bits per heavy atom. The molecule has 24 heavy (non-hydrogen) atoms. The summed E-state index contributed by atoms with van der Waals surface area (Å²) in [6.07, 6.45) is 5.58. The number of fused-ring (bicyclic) bond motifs is 1. The van der Waals surface area contributed by atoms with E-state index in [1.54, 1.807) is 0 Å². The van der Waals surface area contributed by atoms with Gasteiger partial charge in [0.15, 0.2) is 5.82 Å². The molecule has 0 bridgehead atoms. The third kappa shape index (κ3) is 3.11. The Balaban J connectivity index is 1.35. The van der Waals surface area contributed by atoms with E-state index in [1.807, 2.05) is 0 Å². The van der Waals surface area contributed by atoms with Crippen LogP contribution in [-0.2, 0) is 17.6 Å². The molecule has 1 atom stereocenters. The Kier molecular flexibility index (Phi) is 4.39. The molecule has 0 aromatic carbocycles. The van der Waals surface area contributed by atoms with Crippen molar-refractivity contribution in [3.8, 4) is 0 Å². The van der Waals surface area contributed by atoms with Crippen LogP contribution in [0.4, 0.5) is 5.82 Å². The zero-order chi connectivity index (χ0) is 16.5. The van der Waals surface area contributed by atoms with Crippen LogP contribution in [0.5, 0.6) is 0 Å². The first-order chi connectivity index (χ1) is 11.7. The van der Waals surface area contributed by atoms with Gasteiger partial charge < -0.3 is 14.7 Å². The maximum absolute atomic E-state index is 12.7. The van der Waals surface area contributed by atoms with Gasteiger partial charge in [0.2, 0.25) is 5.91 Å². The van der Waals surface area contributed by atoms with Crippen molar-refractivity contribution in [3.05, 3.63) is 17.3 Å². The molecule has 0 saturated carbocycles. The summed E-state index contributed by atoms with van der Waals surface area (Å²) in [7, 11) is 2.11. The SMILES string of the molecule is CN1CCCC(C(=O)N2CCN(c3cc4c(nn3)CCC4)CC2)C1. The summed E-state index contributed by atoms with van der Waals surface area (Å²) in [5, 5.41) is 8.80. The number of piperazine rings is 1. The van der Waals surface area contributed by atoms with Crippen molar-refractivity contribution in [2.24, 2.45) is 5.92 Å². The van der Waals surface area contributed by atoms with Crippen LogP contribution in [0.3, 0.4) is 0 Å². The van der Waals surface area contributed by atoms with Gasteiger partial charge in [-0.05, 0) is 57.3 Å². The van der Waals surface area contributed by atoms with Gasteiger partial charge in [-0.3, -0.25) is 4.79 Å². The molecule has 0 N–H and O–H groups in total. The Labute approximate surface area is 143 Å². The van der Waals surface area contributed by atoms with E-state index >= 15 is 0 Å². The van der Waals surface area contributed by atoms with Crippen molar-refractivity contribution < 1.29 is 4.79 Å². The standard InChI is InChI=1S/C18H27N5O/c1-21-7-3-5-15(13-21)18(24)23-10-8-22(9-11-23)17-12-14-4-2-6-16(14)19-20-17/h12,15H,2-11,13H2,1H3. The van der Waals surface area contributed by atoms with Gasteiger partial charge in [0.1, 0.15) is 0 Å². The van der Waals surface area contributed by atoms with Crippen LogP contribution >= 0.6 is 0 Å². The van der Waals surface area contributed by atoms with Crippen LogP contribution in [0.1, 0.15) is 30.5 Å². The first-order valence-corrected chi connectivity index (χ1v) is 9.28. The summed E-state index contributed by atoms with van der Waals surface area (Å²) >= 11 is 0. The number of aromatic nitrogens is 2. The topological polar surface area (TPSA) is 52.6 Å². The number of carbonyl (C=O) groups is 1. The summed E-state index contributed by atoms with van der Waals surface area (Å²) in [4.78, 5) is 19.4. The van der Waals surface area contributed by atoms with E-state index in [9.17, 15) is 4.79 Å². The third-order valence-electron chi connectivity index (χ3n) is 5.70. The van der Waals surface area contributed by atoms with E-state index in [-0.39, 0.29) is 5.92 Å². The molecule has 3 heterocycles. The third-order valence-corrected chi connectivity index (χ3v) is 5.70. The van der Waals surface area contributed by atoms with Gasteiger partial charge in [-0.15, -0.1) is 5.10 Å². The minimum atomic E-state index is 0.190. The molecule has 2 saturated heterocycles. The lowest BCUT2D eigenvalue weighted by Gasteiger charge is -2.38. The number of piperidine rings is 1. The van der Waals surface area contributed by atoms with Crippen molar-refractivity contribution >= 4 is 11.7 Å². The zero-order valence-corrected chi connectivity index (χ0v) is 14.6. The minimum absolute atomic E-state index is 0.190. The van der Waals surface area contributed by atoms with Crippen LogP contribution in [0, 0.1) is 5.92 Å². The summed E-state index contributed by atoms with van der Waals surface area (Å²) in [5.74, 6) is 1.52. The van der Waals surface area contributed by atoms with Crippen LogP contribution in [-0.4, -0.2) is 72.2 Å². The fourth-order valence-electron chi connectivity index (χ4n) is 4.25. The van der Waals surface area contributed by atoms with E-state index in [0.29, 0.717) is 5.91 Å². The Bertz CT molecular complexity index is 611. The average Bonchev–Trinajstić information content (AvgIpc) is 3.09. The molecule has 3 aliphatic rings. The Morgan fingerprint density at radius 1 is 1.08 bits per heavy atom. The zero-order valence-electron chi connectivity index (χ0n) is 14.6.